The average molecular weight is 307 g/mol. The highest BCUT2D eigenvalue weighted by Crippen LogP contribution is 2.46. The van der Waals surface area contributed by atoms with Crippen molar-refractivity contribution in [1.82, 2.24) is 10.2 Å². The first-order chi connectivity index (χ1) is 9.91. The number of amides is 4. The van der Waals surface area contributed by atoms with E-state index in [0.29, 0.717) is 17.1 Å². The maximum Gasteiger partial charge on any atom is 0.330 e. The number of halogens is 1. The van der Waals surface area contributed by atoms with Crippen LogP contribution < -0.4 is 5.32 Å². The third-order valence-electron chi connectivity index (χ3n) is 4.11. The Bertz CT molecular complexity index is 640. The number of urea groups is 1. The van der Waals surface area contributed by atoms with Gasteiger partial charge in [0.15, 0.2) is 0 Å². The molecular formula is C15H15ClN2O3. The van der Waals surface area contributed by atoms with Gasteiger partial charge in [0.05, 0.1) is 0 Å². The second-order valence-corrected chi connectivity index (χ2v) is 6.39. The molecular weight excluding hydrogens is 292 g/mol. The van der Waals surface area contributed by atoms with Crippen LogP contribution in [0.25, 0.3) is 0 Å². The topological polar surface area (TPSA) is 66.5 Å². The Kier molecular flexibility index (Phi) is 3.24. The largest absolute Gasteiger partial charge is 0.330 e. The molecule has 110 valence electrons. The number of carbonyl (C=O) groups excluding carboxylic acids is 3. The average Bonchev–Trinajstić information content (AvgIpc) is 3.15. The molecule has 1 saturated carbocycles. The van der Waals surface area contributed by atoms with Crippen LogP contribution in [0.15, 0.2) is 24.3 Å². The van der Waals surface area contributed by atoms with E-state index < -0.39 is 23.8 Å². The Morgan fingerprint density at radius 1 is 1.29 bits per heavy atom. The van der Waals surface area contributed by atoms with Crippen molar-refractivity contribution in [1.29, 1.82) is 0 Å². The molecule has 1 aliphatic heterocycles. The van der Waals surface area contributed by atoms with Crippen molar-refractivity contribution in [2.45, 2.75) is 25.7 Å². The van der Waals surface area contributed by atoms with Gasteiger partial charge in [0.2, 0.25) is 11.8 Å². The summed E-state index contributed by atoms with van der Waals surface area (Å²) in [6, 6.07) is 6.06. The third-order valence-corrected chi connectivity index (χ3v) is 4.45. The van der Waals surface area contributed by atoms with Gasteiger partial charge in [-0.25, -0.2) is 4.79 Å². The molecule has 1 N–H and O–H groups in total. The summed E-state index contributed by atoms with van der Waals surface area (Å²) in [5, 5.41) is 2.60. The lowest BCUT2D eigenvalue weighted by atomic mass is 9.94. The molecule has 0 bridgehead atoms. The third kappa shape index (κ3) is 2.53. The van der Waals surface area contributed by atoms with E-state index in [1.54, 1.807) is 24.3 Å². The SMILES string of the molecule is CC1(CN2C(=O)NC(=O)C(c3ccccc3Cl)C2=O)CC1. The molecule has 21 heavy (non-hydrogen) atoms. The summed E-state index contributed by atoms with van der Waals surface area (Å²) in [5.41, 5.74) is 0.415. The minimum Gasteiger partial charge on any atom is -0.277 e. The van der Waals surface area contributed by atoms with Crippen molar-refractivity contribution in [3.05, 3.63) is 34.9 Å². The fourth-order valence-corrected chi connectivity index (χ4v) is 2.74. The molecule has 6 heteroatoms. The number of benzene rings is 1. The molecule has 2 aliphatic rings. The molecule has 1 heterocycles. The predicted molar refractivity (Wildman–Crippen MR) is 76.8 cm³/mol. The van der Waals surface area contributed by atoms with Gasteiger partial charge < -0.3 is 0 Å². The number of carbonyl (C=O) groups is 3. The van der Waals surface area contributed by atoms with Gasteiger partial charge in [-0.2, -0.15) is 0 Å². The molecule has 1 aromatic rings. The maximum atomic E-state index is 12.6. The van der Waals surface area contributed by atoms with E-state index in [1.165, 1.54) is 0 Å². The van der Waals surface area contributed by atoms with E-state index in [2.05, 4.69) is 5.32 Å². The Labute approximate surface area is 127 Å². The highest BCUT2D eigenvalue weighted by atomic mass is 35.5. The van der Waals surface area contributed by atoms with Crippen LogP contribution in [0.5, 0.6) is 0 Å². The van der Waals surface area contributed by atoms with E-state index in [0.717, 1.165) is 17.7 Å². The minimum atomic E-state index is -1.06. The molecule has 0 spiro atoms. The molecule has 1 aliphatic carbocycles. The number of hydrogen-bond donors (Lipinski definition) is 1. The molecule has 0 aromatic heterocycles. The lowest BCUT2D eigenvalue weighted by Crippen LogP contribution is -2.57. The monoisotopic (exact) mass is 306 g/mol. The molecule has 1 atom stereocenters. The van der Waals surface area contributed by atoms with Crippen molar-refractivity contribution < 1.29 is 14.4 Å². The highest BCUT2D eigenvalue weighted by Gasteiger charge is 2.47. The number of imide groups is 2. The van der Waals surface area contributed by atoms with Gasteiger partial charge in [-0.1, -0.05) is 36.7 Å². The summed E-state index contributed by atoms with van der Waals surface area (Å²) in [6.07, 6.45) is 1.96. The second kappa shape index (κ2) is 4.84. The number of nitrogens with one attached hydrogen (secondary N) is 1. The number of nitrogens with zero attached hydrogens (tertiary/aromatic N) is 1. The molecule has 4 amide bonds. The standard InChI is InChI=1S/C15H15ClN2O3/c1-15(6-7-15)8-18-13(20)11(12(19)17-14(18)21)9-4-2-3-5-10(9)16/h2-5,11H,6-8H2,1H3,(H,17,19,21). The van der Waals surface area contributed by atoms with Gasteiger partial charge in [-0.05, 0) is 29.9 Å². The summed E-state index contributed by atoms with van der Waals surface area (Å²) in [5.74, 6) is -2.17. The van der Waals surface area contributed by atoms with E-state index in [1.807, 2.05) is 6.92 Å². The van der Waals surface area contributed by atoms with Crippen LogP contribution >= 0.6 is 11.6 Å². The first kappa shape index (κ1) is 14.1. The van der Waals surface area contributed by atoms with Gasteiger partial charge in [0, 0.05) is 11.6 Å². The van der Waals surface area contributed by atoms with Crippen molar-refractivity contribution in [2.24, 2.45) is 5.41 Å². The predicted octanol–water partition coefficient (Wildman–Crippen LogP) is 2.30. The Morgan fingerprint density at radius 3 is 2.57 bits per heavy atom. The Balaban J connectivity index is 1.93. The zero-order valence-corrected chi connectivity index (χ0v) is 12.3. The van der Waals surface area contributed by atoms with Crippen molar-refractivity contribution in [3.8, 4) is 0 Å². The van der Waals surface area contributed by atoms with Gasteiger partial charge >= 0.3 is 6.03 Å². The molecule has 2 fully saturated rings. The molecule has 3 rings (SSSR count). The zero-order chi connectivity index (χ0) is 15.2. The maximum absolute atomic E-state index is 12.6. The molecule has 0 radical (unpaired) electrons. The summed E-state index contributed by atoms with van der Waals surface area (Å²) in [4.78, 5) is 37.7. The minimum absolute atomic E-state index is 0.0155. The number of rotatable bonds is 3. The lowest BCUT2D eigenvalue weighted by Gasteiger charge is -2.32. The van der Waals surface area contributed by atoms with Gasteiger partial charge in [0.1, 0.15) is 5.92 Å². The van der Waals surface area contributed by atoms with Crippen LogP contribution in [0.4, 0.5) is 4.79 Å². The molecule has 1 saturated heterocycles. The van der Waals surface area contributed by atoms with Crippen molar-refractivity contribution >= 4 is 29.4 Å². The summed E-state index contributed by atoms with van der Waals surface area (Å²) in [6.45, 7) is 2.36. The normalized spacial score (nSPS) is 24.0. The molecule has 1 unspecified atom stereocenters. The summed E-state index contributed by atoms with van der Waals surface area (Å²) < 4.78 is 0. The Morgan fingerprint density at radius 2 is 1.95 bits per heavy atom. The highest BCUT2D eigenvalue weighted by molar-refractivity contribution is 6.32. The fourth-order valence-electron chi connectivity index (χ4n) is 2.50. The van der Waals surface area contributed by atoms with Gasteiger partial charge in [0.25, 0.3) is 0 Å². The van der Waals surface area contributed by atoms with Crippen LogP contribution in [0.2, 0.25) is 5.02 Å². The molecule has 5 nitrogen and oxygen atoms in total. The first-order valence-electron chi connectivity index (χ1n) is 6.82. The summed E-state index contributed by atoms with van der Waals surface area (Å²) >= 11 is 6.08. The quantitative estimate of drug-likeness (QED) is 0.871. The van der Waals surface area contributed by atoms with E-state index in [9.17, 15) is 14.4 Å². The number of hydrogen-bond acceptors (Lipinski definition) is 3. The zero-order valence-electron chi connectivity index (χ0n) is 11.6. The lowest BCUT2D eigenvalue weighted by molar-refractivity contribution is -0.139. The van der Waals surface area contributed by atoms with E-state index in [-0.39, 0.29) is 5.41 Å². The van der Waals surface area contributed by atoms with E-state index >= 15 is 0 Å². The van der Waals surface area contributed by atoms with Crippen LogP contribution in [0.3, 0.4) is 0 Å². The smallest absolute Gasteiger partial charge is 0.277 e. The van der Waals surface area contributed by atoms with Crippen LogP contribution in [0.1, 0.15) is 31.2 Å². The number of barbiturate groups is 1. The van der Waals surface area contributed by atoms with Crippen LogP contribution in [-0.4, -0.2) is 29.3 Å². The van der Waals surface area contributed by atoms with Crippen molar-refractivity contribution in [3.63, 3.8) is 0 Å². The summed E-state index contributed by atoms with van der Waals surface area (Å²) in [7, 11) is 0. The van der Waals surface area contributed by atoms with Gasteiger partial charge in [-0.15, -0.1) is 0 Å². The Hall–Kier alpha value is -1.88. The fraction of sp³-hybridized carbons (Fsp3) is 0.400. The first-order valence-corrected chi connectivity index (χ1v) is 7.20. The van der Waals surface area contributed by atoms with Crippen LogP contribution in [-0.2, 0) is 9.59 Å². The van der Waals surface area contributed by atoms with Crippen LogP contribution in [0, 0.1) is 5.41 Å². The van der Waals surface area contributed by atoms with Gasteiger partial charge in [-0.3, -0.25) is 19.8 Å². The second-order valence-electron chi connectivity index (χ2n) is 5.98. The van der Waals surface area contributed by atoms with E-state index in [4.69, 9.17) is 11.6 Å². The molecule has 1 aromatic carbocycles. The van der Waals surface area contributed by atoms with Crippen molar-refractivity contribution in [2.75, 3.05) is 6.54 Å².